The Morgan fingerprint density at radius 1 is 0.714 bits per heavy atom. The van der Waals surface area contributed by atoms with Crippen LogP contribution in [0.5, 0.6) is 17.2 Å². The predicted molar refractivity (Wildman–Crippen MR) is 138 cm³/mol. The van der Waals surface area contributed by atoms with Crippen LogP contribution in [-0.2, 0) is 14.3 Å². The largest absolute Gasteiger partial charge is 1.00 e. The molecule has 0 fully saturated rings. The molecule has 0 unspecified atom stereocenters. The summed E-state index contributed by atoms with van der Waals surface area (Å²) in [6.45, 7) is 0. The number of anilines is 1. The maximum atomic E-state index is 11.1. The van der Waals surface area contributed by atoms with E-state index in [4.69, 9.17) is 15.9 Å². The number of phenols is 2. The van der Waals surface area contributed by atoms with Crippen LogP contribution in [0.25, 0.3) is 0 Å². The van der Waals surface area contributed by atoms with Crippen LogP contribution in [0.2, 0.25) is 0 Å². The molecular weight excluding hydrogens is 497 g/mol. The fourth-order valence-electron chi connectivity index (χ4n) is 2.04. The number of hydrogen-bond acceptors (Lipinski definition) is 7. The summed E-state index contributed by atoms with van der Waals surface area (Å²) in [6, 6.07) is 31.7. The van der Waals surface area contributed by atoms with Gasteiger partial charge in [0, 0.05) is 5.69 Å². The molecular formula is C25H28NNaO6S2. The molecule has 10 heteroatoms. The summed E-state index contributed by atoms with van der Waals surface area (Å²) >= 11 is 0. The van der Waals surface area contributed by atoms with E-state index >= 15 is 0 Å². The summed E-state index contributed by atoms with van der Waals surface area (Å²) in [5.41, 5.74) is 5.79. The first kappa shape index (κ1) is 34.5. The first-order valence-corrected chi connectivity index (χ1v) is 11.0. The maximum Gasteiger partial charge on any atom is 1.00 e. The molecule has 0 amide bonds. The van der Waals surface area contributed by atoms with Gasteiger partial charge in [-0.05, 0) is 42.5 Å². The third-order valence-corrected chi connectivity index (χ3v) is 4.89. The molecule has 0 heterocycles. The Morgan fingerprint density at radius 2 is 1.11 bits per heavy atom. The molecule has 0 aliphatic rings. The number of aromatic hydroxyl groups is 2. The third kappa shape index (κ3) is 16.6. The summed E-state index contributed by atoms with van der Waals surface area (Å²) < 4.78 is 26.4. The monoisotopic (exact) mass is 525 g/mol. The van der Waals surface area contributed by atoms with Gasteiger partial charge in [0.25, 0.3) is 10.1 Å². The number of nitrogens with two attached hydrogens (primary N) is 1. The van der Waals surface area contributed by atoms with Gasteiger partial charge in [-0.15, -0.1) is 5.75 Å². The zero-order valence-corrected chi connectivity index (χ0v) is 23.3. The van der Waals surface area contributed by atoms with Gasteiger partial charge in [0.2, 0.25) is 0 Å². The molecule has 4 aromatic carbocycles. The van der Waals surface area contributed by atoms with E-state index in [0.717, 1.165) is 7.11 Å². The van der Waals surface area contributed by atoms with Gasteiger partial charge in [0.1, 0.15) is 11.5 Å². The topological polar surface area (TPSA) is 133 Å². The summed E-state index contributed by atoms with van der Waals surface area (Å²) in [4.78, 5) is 0.0741. The summed E-state index contributed by atoms with van der Waals surface area (Å²) in [7, 11) is -2.49. The van der Waals surface area contributed by atoms with Crippen molar-refractivity contribution in [2.45, 2.75) is 4.90 Å². The van der Waals surface area contributed by atoms with Crippen molar-refractivity contribution in [2.24, 2.45) is 0 Å². The van der Waals surface area contributed by atoms with Crippen molar-refractivity contribution in [1.82, 2.24) is 0 Å². The first-order chi connectivity index (χ1) is 15.7. The van der Waals surface area contributed by atoms with Gasteiger partial charge in [-0.25, -0.2) is 0 Å². The molecule has 0 spiro atoms. The molecule has 0 aromatic heterocycles. The van der Waals surface area contributed by atoms with Crippen molar-refractivity contribution in [3.8, 4) is 17.2 Å². The molecule has 0 aliphatic carbocycles. The van der Waals surface area contributed by atoms with Crippen LogP contribution in [0.4, 0.5) is 5.69 Å². The molecule has 4 aromatic rings. The second-order valence-electron chi connectivity index (χ2n) is 6.18. The number of phenolic OH excluding ortho intramolecular Hbond substituents is 2. The average molecular weight is 526 g/mol. The Hall–Kier alpha value is -2.66. The van der Waals surface area contributed by atoms with Crippen molar-refractivity contribution in [2.75, 3.05) is 12.8 Å². The van der Waals surface area contributed by atoms with Gasteiger partial charge < -0.3 is 21.1 Å². The summed E-state index contributed by atoms with van der Waals surface area (Å²) in [5.74, 6) is 0.715. The van der Waals surface area contributed by atoms with Gasteiger partial charge in [0.15, 0.2) is 0 Å². The second-order valence-corrected chi connectivity index (χ2v) is 7.89. The summed E-state index contributed by atoms with van der Waals surface area (Å²) in [5, 5.41) is 27.5. The molecule has 35 heavy (non-hydrogen) atoms. The SMILES string of the molecule is COS(=O)(=O)c1cccc(N)c1.Oc1ccccc1.Oc1ccccc1.S.[Na+].[O-]c1ccccc1. The van der Waals surface area contributed by atoms with Crippen molar-refractivity contribution < 1.29 is 57.5 Å². The Bertz CT molecular complexity index is 1060. The van der Waals surface area contributed by atoms with E-state index in [-0.39, 0.29) is 53.7 Å². The number of para-hydroxylation sites is 3. The minimum Gasteiger partial charge on any atom is -0.872 e. The fourth-order valence-corrected chi connectivity index (χ4v) is 2.76. The second kappa shape index (κ2) is 19.6. The average Bonchev–Trinajstić information content (AvgIpc) is 2.82. The Balaban J connectivity index is 0. The van der Waals surface area contributed by atoms with Crippen LogP contribution >= 0.6 is 13.5 Å². The molecule has 0 saturated carbocycles. The first-order valence-electron chi connectivity index (χ1n) is 9.61. The van der Waals surface area contributed by atoms with Gasteiger partial charge in [0.05, 0.1) is 12.0 Å². The number of rotatable bonds is 2. The Kier molecular flexibility index (Phi) is 19.3. The molecule has 0 bridgehead atoms. The van der Waals surface area contributed by atoms with Crippen molar-refractivity contribution in [1.29, 1.82) is 0 Å². The van der Waals surface area contributed by atoms with E-state index in [0.29, 0.717) is 17.2 Å². The molecule has 0 atom stereocenters. The number of nitrogen functional groups attached to an aromatic ring is 1. The Labute approximate surface area is 235 Å². The fraction of sp³-hybridized carbons (Fsp3) is 0.0400. The van der Waals surface area contributed by atoms with Crippen LogP contribution in [0.3, 0.4) is 0 Å². The molecule has 4 N–H and O–H groups in total. The third-order valence-electron chi connectivity index (χ3n) is 3.62. The normalized spacial score (nSPS) is 9.06. The van der Waals surface area contributed by atoms with E-state index in [9.17, 15) is 13.5 Å². The number of benzene rings is 4. The van der Waals surface area contributed by atoms with Crippen LogP contribution in [0.1, 0.15) is 0 Å². The molecule has 0 saturated heterocycles. The predicted octanol–water partition coefficient (Wildman–Crippen LogP) is 1.27. The molecule has 182 valence electrons. The van der Waals surface area contributed by atoms with Crippen LogP contribution in [-0.4, -0.2) is 25.7 Å². The zero-order valence-electron chi connectivity index (χ0n) is 19.5. The van der Waals surface area contributed by atoms with Gasteiger partial charge >= 0.3 is 29.6 Å². The molecule has 0 radical (unpaired) electrons. The van der Waals surface area contributed by atoms with Gasteiger partial charge in [-0.1, -0.05) is 72.8 Å². The van der Waals surface area contributed by atoms with Crippen molar-refractivity contribution in [3.63, 3.8) is 0 Å². The van der Waals surface area contributed by atoms with Crippen LogP contribution in [0.15, 0.2) is 120 Å². The molecule has 4 rings (SSSR count). The van der Waals surface area contributed by atoms with E-state index in [1.54, 1.807) is 72.8 Å². The maximum absolute atomic E-state index is 11.1. The minimum absolute atomic E-state index is 0. The van der Waals surface area contributed by atoms with Crippen molar-refractivity contribution in [3.05, 3.63) is 115 Å². The van der Waals surface area contributed by atoms with E-state index < -0.39 is 10.1 Å². The molecule has 7 nitrogen and oxygen atoms in total. The van der Waals surface area contributed by atoms with Gasteiger partial charge in [-0.2, -0.15) is 21.9 Å². The van der Waals surface area contributed by atoms with E-state index in [1.165, 1.54) is 24.3 Å². The zero-order chi connectivity index (χ0) is 24.5. The number of hydrogen-bond donors (Lipinski definition) is 3. The standard InChI is InChI=1S/C7H9NO3S.3C6H6O.Na.H2S/c1-11-12(9,10)7-4-2-3-6(8)5-7;3*7-6-4-2-1-3-5-6;;/h2-5H,8H2,1H3;3*1-5,7H;;1H2/q;;;;+1;/p-1. The molecule has 0 aliphatic heterocycles. The quantitative estimate of drug-likeness (QED) is 0.204. The van der Waals surface area contributed by atoms with E-state index in [2.05, 4.69) is 4.18 Å². The smallest absolute Gasteiger partial charge is 0.872 e. The van der Waals surface area contributed by atoms with Crippen LogP contribution < -0.4 is 40.4 Å². The van der Waals surface area contributed by atoms with Crippen molar-refractivity contribution >= 4 is 29.3 Å². The van der Waals surface area contributed by atoms with Crippen LogP contribution in [0, 0.1) is 0 Å². The van der Waals surface area contributed by atoms with Gasteiger partial charge in [-0.3, -0.25) is 4.18 Å². The minimum atomic E-state index is -3.60. The summed E-state index contributed by atoms with van der Waals surface area (Å²) in [6.07, 6.45) is 0. The van der Waals surface area contributed by atoms with E-state index in [1.807, 2.05) is 18.2 Å². The Morgan fingerprint density at radius 3 is 1.37 bits per heavy atom.